The molecule has 1 unspecified atom stereocenters. The van der Waals surface area contributed by atoms with Crippen LogP contribution in [-0.2, 0) is 6.42 Å². The van der Waals surface area contributed by atoms with E-state index in [2.05, 4.69) is 56.3 Å². The molecule has 0 aliphatic carbocycles. The molecule has 0 spiro atoms. The van der Waals surface area contributed by atoms with Gasteiger partial charge in [0.1, 0.15) is 0 Å². The predicted molar refractivity (Wildman–Crippen MR) is 90.6 cm³/mol. The summed E-state index contributed by atoms with van der Waals surface area (Å²) < 4.78 is 0. The summed E-state index contributed by atoms with van der Waals surface area (Å²) >= 11 is 6.74. The number of benzene rings is 2. The molecule has 0 aliphatic rings. The number of alkyl halides is 1. The van der Waals surface area contributed by atoms with E-state index >= 15 is 0 Å². The average molecular weight is 289 g/mol. The van der Waals surface area contributed by atoms with Crippen LogP contribution >= 0.6 is 11.6 Å². The Morgan fingerprint density at radius 2 is 1.55 bits per heavy atom. The number of hydrogen-bond acceptors (Lipinski definition) is 0. The molecule has 108 valence electrons. The van der Waals surface area contributed by atoms with Crippen molar-refractivity contribution in [2.24, 2.45) is 5.92 Å². The van der Waals surface area contributed by atoms with Gasteiger partial charge in [-0.3, -0.25) is 0 Å². The van der Waals surface area contributed by atoms with Gasteiger partial charge >= 0.3 is 0 Å². The van der Waals surface area contributed by atoms with Crippen molar-refractivity contribution in [3.63, 3.8) is 0 Å². The molecule has 2 rings (SSSR count). The molecule has 0 heterocycles. The first-order valence-electron chi connectivity index (χ1n) is 7.87. The van der Waals surface area contributed by atoms with Crippen molar-refractivity contribution in [3.8, 4) is 0 Å². The van der Waals surface area contributed by atoms with E-state index in [1.165, 1.54) is 42.0 Å². The number of rotatable bonds is 7. The first kappa shape index (κ1) is 15.4. The molecule has 0 saturated carbocycles. The Morgan fingerprint density at radius 1 is 0.900 bits per heavy atom. The summed E-state index contributed by atoms with van der Waals surface area (Å²) in [6.07, 6.45) is 5.92. The largest absolute Gasteiger partial charge is 0.122 e. The number of hydrogen-bond donors (Lipinski definition) is 0. The minimum Gasteiger partial charge on any atom is -0.122 e. The molecule has 2 aromatic rings. The third kappa shape index (κ3) is 3.76. The Hall–Kier alpha value is -1.01. The minimum atomic E-state index is 0.251. The highest BCUT2D eigenvalue weighted by molar-refractivity contribution is 6.21. The van der Waals surface area contributed by atoms with Crippen molar-refractivity contribution >= 4 is 22.4 Å². The first-order valence-corrected chi connectivity index (χ1v) is 8.30. The zero-order valence-corrected chi connectivity index (χ0v) is 13.4. The fraction of sp³-hybridized carbons (Fsp3) is 0.474. The van der Waals surface area contributed by atoms with E-state index < -0.39 is 0 Å². The highest BCUT2D eigenvalue weighted by atomic mass is 35.5. The molecule has 1 heteroatoms. The Balaban J connectivity index is 2.18. The fourth-order valence-corrected chi connectivity index (χ4v) is 3.51. The topological polar surface area (TPSA) is 0 Å². The van der Waals surface area contributed by atoms with Gasteiger partial charge in [0, 0.05) is 5.38 Å². The van der Waals surface area contributed by atoms with Crippen LogP contribution in [0.5, 0.6) is 0 Å². The summed E-state index contributed by atoms with van der Waals surface area (Å²) in [5.74, 6) is 0.644. The summed E-state index contributed by atoms with van der Waals surface area (Å²) in [4.78, 5) is 0. The van der Waals surface area contributed by atoms with Crippen LogP contribution in [0.4, 0.5) is 0 Å². The van der Waals surface area contributed by atoms with Gasteiger partial charge in [0.25, 0.3) is 0 Å². The zero-order chi connectivity index (χ0) is 14.4. The van der Waals surface area contributed by atoms with Crippen molar-refractivity contribution in [2.45, 2.75) is 51.3 Å². The van der Waals surface area contributed by atoms with Crippen molar-refractivity contribution < 1.29 is 0 Å². The fourth-order valence-electron chi connectivity index (χ4n) is 3.09. The molecule has 0 aromatic heterocycles. The van der Waals surface area contributed by atoms with Crippen LogP contribution in [0.15, 0.2) is 42.5 Å². The maximum atomic E-state index is 6.74. The summed E-state index contributed by atoms with van der Waals surface area (Å²) in [5.41, 5.74) is 1.39. The van der Waals surface area contributed by atoms with Gasteiger partial charge in [0.2, 0.25) is 0 Å². The van der Waals surface area contributed by atoms with Crippen LogP contribution in [0.25, 0.3) is 10.8 Å². The molecule has 0 saturated heterocycles. The monoisotopic (exact) mass is 288 g/mol. The van der Waals surface area contributed by atoms with Gasteiger partial charge in [0.05, 0.1) is 0 Å². The van der Waals surface area contributed by atoms with Gasteiger partial charge in [-0.15, -0.1) is 11.6 Å². The smallest absolute Gasteiger partial charge is 0.0404 e. The van der Waals surface area contributed by atoms with E-state index in [9.17, 15) is 0 Å². The summed E-state index contributed by atoms with van der Waals surface area (Å²) in [6.45, 7) is 4.51. The van der Waals surface area contributed by atoms with Gasteiger partial charge in [-0.2, -0.15) is 0 Å². The molecular formula is C19H25Cl. The highest BCUT2D eigenvalue weighted by Gasteiger charge is 2.18. The molecule has 0 bridgehead atoms. The molecular weight excluding hydrogens is 264 g/mol. The molecule has 0 fully saturated rings. The van der Waals surface area contributed by atoms with Crippen molar-refractivity contribution in [3.05, 3.63) is 48.0 Å². The second-order valence-electron chi connectivity index (χ2n) is 5.70. The van der Waals surface area contributed by atoms with Crippen LogP contribution in [0.1, 0.15) is 45.1 Å². The molecule has 20 heavy (non-hydrogen) atoms. The van der Waals surface area contributed by atoms with Crippen molar-refractivity contribution in [1.29, 1.82) is 0 Å². The lowest BCUT2D eigenvalue weighted by atomic mass is 9.89. The third-order valence-electron chi connectivity index (χ3n) is 4.13. The lowest BCUT2D eigenvalue weighted by Gasteiger charge is -2.22. The van der Waals surface area contributed by atoms with Gasteiger partial charge in [-0.1, -0.05) is 69.2 Å². The van der Waals surface area contributed by atoms with Crippen LogP contribution in [0.2, 0.25) is 0 Å². The second kappa shape index (κ2) is 7.69. The maximum Gasteiger partial charge on any atom is 0.0404 e. The highest BCUT2D eigenvalue weighted by Crippen LogP contribution is 2.28. The Bertz CT molecular complexity index is 521. The molecule has 0 aliphatic heterocycles. The zero-order valence-electron chi connectivity index (χ0n) is 12.6. The summed E-state index contributed by atoms with van der Waals surface area (Å²) in [7, 11) is 0. The van der Waals surface area contributed by atoms with E-state index in [4.69, 9.17) is 11.6 Å². The van der Waals surface area contributed by atoms with Crippen LogP contribution in [0, 0.1) is 5.92 Å². The minimum absolute atomic E-state index is 0.251. The molecule has 0 radical (unpaired) electrons. The molecule has 1 atom stereocenters. The van der Waals surface area contributed by atoms with E-state index in [1.807, 2.05) is 0 Å². The quantitative estimate of drug-likeness (QED) is 0.532. The molecule has 2 aromatic carbocycles. The molecule has 0 amide bonds. The van der Waals surface area contributed by atoms with E-state index in [1.54, 1.807) is 0 Å². The lowest BCUT2D eigenvalue weighted by Crippen LogP contribution is -2.17. The first-order chi connectivity index (χ1) is 9.76. The Labute approximate surface area is 128 Å². The Morgan fingerprint density at radius 3 is 2.25 bits per heavy atom. The maximum absolute atomic E-state index is 6.74. The van der Waals surface area contributed by atoms with E-state index in [0.29, 0.717) is 5.92 Å². The second-order valence-corrected chi connectivity index (χ2v) is 6.26. The summed E-state index contributed by atoms with van der Waals surface area (Å²) in [5, 5.41) is 2.92. The Kier molecular flexibility index (Phi) is 5.91. The number of halogens is 1. The van der Waals surface area contributed by atoms with Crippen LogP contribution < -0.4 is 0 Å². The summed E-state index contributed by atoms with van der Waals surface area (Å²) in [6, 6.07) is 15.2. The van der Waals surface area contributed by atoms with Gasteiger partial charge in [-0.05, 0) is 41.5 Å². The van der Waals surface area contributed by atoms with Crippen LogP contribution in [0.3, 0.4) is 0 Å². The van der Waals surface area contributed by atoms with E-state index in [0.717, 1.165) is 6.42 Å². The average Bonchev–Trinajstić information content (AvgIpc) is 2.47. The normalized spacial score (nSPS) is 13.0. The number of fused-ring (bicyclic) bond motifs is 1. The van der Waals surface area contributed by atoms with Crippen molar-refractivity contribution in [1.82, 2.24) is 0 Å². The van der Waals surface area contributed by atoms with Gasteiger partial charge in [0.15, 0.2) is 0 Å². The SMILES string of the molecule is CCCC(CCC)C(Cl)Cc1cccc2ccccc12. The molecule has 0 nitrogen and oxygen atoms in total. The van der Waals surface area contributed by atoms with Gasteiger partial charge in [-0.25, -0.2) is 0 Å². The van der Waals surface area contributed by atoms with Gasteiger partial charge < -0.3 is 0 Å². The standard InChI is InChI=1S/C19H25Cl/c1-3-8-16(9-4-2)19(20)14-17-12-7-11-15-10-5-6-13-18(15)17/h5-7,10-13,16,19H,3-4,8-9,14H2,1-2H3. The van der Waals surface area contributed by atoms with Crippen molar-refractivity contribution in [2.75, 3.05) is 0 Å². The van der Waals surface area contributed by atoms with Crippen LogP contribution in [-0.4, -0.2) is 5.38 Å². The third-order valence-corrected chi connectivity index (χ3v) is 4.64. The lowest BCUT2D eigenvalue weighted by molar-refractivity contribution is 0.418. The predicted octanol–water partition coefficient (Wildman–Crippen LogP) is 6.21. The van der Waals surface area contributed by atoms with E-state index in [-0.39, 0.29) is 5.38 Å². The molecule has 0 N–H and O–H groups in total.